The Morgan fingerprint density at radius 2 is 1.41 bits per heavy atom. The Hall–Kier alpha value is -3.62. The number of hydrogen-bond acceptors (Lipinski definition) is 3. The summed E-state index contributed by atoms with van der Waals surface area (Å²) in [6.45, 7) is 2.17. The summed E-state index contributed by atoms with van der Waals surface area (Å²) in [5, 5.41) is 1.13. The van der Waals surface area contributed by atoms with Crippen molar-refractivity contribution in [2.24, 2.45) is 0 Å². The zero-order valence-electron chi connectivity index (χ0n) is 21.4. The summed E-state index contributed by atoms with van der Waals surface area (Å²) in [6.07, 6.45) is 4.47. The van der Waals surface area contributed by atoms with Crippen LogP contribution in [-0.2, 0) is 32.1 Å². The van der Waals surface area contributed by atoms with Crippen LogP contribution in [0.1, 0.15) is 54.3 Å². The maximum atomic E-state index is 15.2. The first kappa shape index (κ1) is 28.4. The largest absolute Gasteiger partial charge is 0.573 e. The lowest BCUT2D eigenvalue weighted by Gasteiger charge is -2.12. The van der Waals surface area contributed by atoms with Gasteiger partial charge in [0.2, 0.25) is 5.75 Å². The molecule has 0 aliphatic heterocycles. The standard InChI is InChI=1S/C30H28F6N2O/c1-2-3-4-5-21-17-37-27(38-18-21)13-8-19-7-12-24-23(14-19)11-10-22(28(24)33)9-6-20-15-25(31)29(26(32)16-20)39-30(34,35)36/h7,10-12,14-18H,2-6,8-9,13H2,1H3. The van der Waals surface area contributed by atoms with Crippen LogP contribution in [0.15, 0.2) is 54.9 Å². The average Bonchev–Trinajstić information content (AvgIpc) is 2.89. The van der Waals surface area contributed by atoms with Gasteiger partial charge in [-0.05, 0) is 71.9 Å². The topological polar surface area (TPSA) is 35.0 Å². The van der Waals surface area contributed by atoms with Crippen molar-refractivity contribution in [2.75, 3.05) is 0 Å². The highest BCUT2D eigenvalue weighted by Gasteiger charge is 2.34. The summed E-state index contributed by atoms with van der Waals surface area (Å²) in [5.41, 5.74) is 2.56. The summed E-state index contributed by atoms with van der Waals surface area (Å²) in [7, 11) is 0. The SMILES string of the molecule is CCCCCc1cnc(CCc2ccc3c(F)c(CCc4cc(F)c(OC(F)(F)F)c(F)c4)ccc3c2)nc1. The van der Waals surface area contributed by atoms with E-state index in [-0.39, 0.29) is 18.4 Å². The highest BCUT2D eigenvalue weighted by atomic mass is 19.4. The second kappa shape index (κ2) is 12.5. The number of fused-ring (bicyclic) bond motifs is 1. The summed E-state index contributed by atoms with van der Waals surface area (Å²) in [6, 6.07) is 10.4. The first-order chi connectivity index (χ1) is 18.6. The molecule has 0 aliphatic rings. The van der Waals surface area contributed by atoms with Crippen LogP contribution in [0, 0.1) is 17.5 Å². The quantitative estimate of drug-likeness (QED) is 0.140. The number of halogens is 6. The Labute approximate surface area is 222 Å². The molecule has 39 heavy (non-hydrogen) atoms. The second-order valence-corrected chi connectivity index (χ2v) is 9.50. The van der Waals surface area contributed by atoms with E-state index >= 15 is 4.39 Å². The van der Waals surface area contributed by atoms with Crippen molar-refractivity contribution in [1.29, 1.82) is 0 Å². The molecule has 0 saturated carbocycles. The minimum absolute atomic E-state index is 0.0258. The average molecular weight is 547 g/mol. The van der Waals surface area contributed by atoms with Crippen LogP contribution < -0.4 is 4.74 Å². The van der Waals surface area contributed by atoms with Gasteiger partial charge in [0.1, 0.15) is 11.6 Å². The molecule has 0 aliphatic carbocycles. The Morgan fingerprint density at radius 3 is 2.08 bits per heavy atom. The minimum atomic E-state index is -5.22. The number of rotatable bonds is 11. The van der Waals surface area contributed by atoms with Gasteiger partial charge >= 0.3 is 6.36 Å². The fraction of sp³-hybridized carbons (Fsp3) is 0.333. The number of ether oxygens (including phenoxy) is 1. The Bertz CT molecular complexity index is 1400. The number of unbranched alkanes of at least 4 members (excludes halogenated alkanes) is 2. The van der Waals surface area contributed by atoms with Crippen molar-refractivity contribution in [3.05, 3.63) is 100 Å². The number of aryl methyl sites for hydroxylation is 5. The normalized spacial score (nSPS) is 11.8. The van der Waals surface area contributed by atoms with Gasteiger partial charge in [0.25, 0.3) is 0 Å². The van der Waals surface area contributed by atoms with Gasteiger partial charge in [-0.3, -0.25) is 0 Å². The van der Waals surface area contributed by atoms with Crippen molar-refractivity contribution in [1.82, 2.24) is 9.97 Å². The van der Waals surface area contributed by atoms with Crippen molar-refractivity contribution in [2.45, 2.75) is 64.7 Å². The highest BCUT2D eigenvalue weighted by molar-refractivity contribution is 5.84. The second-order valence-electron chi connectivity index (χ2n) is 9.50. The van der Waals surface area contributed by atoms with E-state index in [9.17, 15) is 22.0 Å². The van der Waals surface area contributed by atoms with Crippen LogP contribution in [0.5, 0.6) is 5.75 Å². The fourth-order valence-electron chi connectivity index (χ4n) is 4.46. The van der Waals surface area contributed by atoms with Gasteiger partial charge in [-0.2, -0.15) is 0 Å². The van der Waals surface area contributed by atoms with Gasteiger partial charge in [0.15, 0.2) is 11.6 Å². The zero-order valence-corrected chi connectivity index (χ0v) is 21.4. The number of alkyl halides is 3. The molecule has 0 amide bonds. The van der Waals surface area contributed by atoms with E-state index in [4.69, 9.17) is 0 Å². The summed E-state index contributed by atoms with van der Waals surface area (Å²) in [5.74, 6) is -4.14. The molecule has 0 spiro atoms. The Balaban J connectivity index is 1.39. The lowest BCUT2D eigenvalue weighted by Crippen LogP contribution is -2.19. The molecule has 0 radical (unpaired) electrons. The van der Waals surface area contributed by atoms with Crippen molar-refractivity contribution < 1.29 is 31.1 Å². The molecule has 0 fully saturated rings. The van der Waals surface area contributed by atoms with Crippen molar-refractivity contribution in [3.8, 4) is 5.75 Å². The van der Waals surface area contributed by atoms with Crippen molar-refractivity contribution in [3.63, 3.8) is 0 Å². The molecule has 206 valence electrons. The van der Waals surface area contributed by atoms with Crippen LogP contribution in [0.3, 0.4) is 0 Å². The highest BCUT2D eigenvalue weighted by Crippen LogP contribution is 2.30. The van der Waals surface area contributed by atoms with E-state index in [0.29, 0.717) is 29.2 Å². The molecule has 0 N–H and O–H groups in total. The van der Waals surface area contributed by atoms with E-state index in [1.807, 2.05) is 24.5 Å². The fourth-order valence-corrected chi connectivity index (χ4v) is 4.46. The molecule has 4 aromatic rings. The monoisotopic (exact) mass is 546 g/mol. The number of hydrogen-bond donors (Lipinski definition) is 0. The Kier molecular flexibility index (Phi) is 9.09. The lowest BCUT2D eigenvalue weighted by atomic mass is 9.98. The maximum absolute atomic E-state index is 15.2. The summed E-state index contributed by atoms with van der Waals surface area (Å²) < 4.78 is 83.6. The van der Waals surface area contributed by atoms with Crippen LogP contribution in [0.2, 0.25) is 0 Å². The van der Waals surface area contributed by atoms with Gasteiger partial charge in [0, 0.05) is 24.2 Å². The van der Waals surface area contributed by atoms with E-state index in [0.717, 1.165) is 41.9 Å². The molecule has 3 aromatic carbocycles. The molecule has 4 rings (SSSR count). The third-order valence-electron chi connectivity index (χ3n) is 6.52. The van der Waals surface area contributed by atoms with Crippen LogP contribution in [-0.4, -0.2) is 16.3 Å². The van der Waals surface area contributed by atoms with Crippen LogP contribution in [0.25, 0.3) is 10.8 Å². The van der Waals surface area contributed by atoms with Gasteiger partial charge in [0.05, 0.1) is 0 Å². The summed E-state index contributed by atoms with van der Waals surface area (Å²) in [4.78, 5) is 8.92. The van der Waals surface area contributed by atoms with Gasteiger partial charge in [-0.15, -0.1) is 13.2 Å². The van der Waals surface area contributed by atoms with Crippen LogP contribution >= 0.6 is 0 Å². The van der Waals surface area contributed by atoms with Crippen LogP contribution in [0.4, 0.5) is 26.3 Å². The zero-order chi connectivity index (χ0) is 28.0. The van der Waals surface area contributed by atoms with E-state index in [1.54, 1.807) is 18.2 Å². The van der Waals surface area contributed by atoms with Gasteiger partial charge in [-0.25, -0.2) is 23.1 Å². The van der Waals surface area contributed by atoms with E-state index < -0.39 is 29.6 Å². The molecular weight excluding hydrogens is 518 g/mol. The maximum Gasteiger partial charge on any atom is 0.573 e. The predicted octanol–water partition coefficient (Wildman–Crippen LogP) is 8.25. The molecule has 0 atom stereocenters. The Morgan fingerprint density at radius 1 is 0.718 bits per heavy atom. The predicted molar refractivity (Wildman–Crippen MR) is 137 cm³/mol. The molecule has 0 saturated heterocycles. The van der Waals surface area contributed by atoms with Gasteiger partial charge < -0.3 is 4.74 Å². The van der Waals surface area contributed by atoms with E-state index in [1.165, 1.54) is 12.8 Å². The smallest absolute Gasteiger partial charge is 0.399 e. The third kappa shape index (κ3) is 7.71. The first-order valence-corrected chi connectivity index (χ1v) is 12.9. The van der Waals surface area contributed by atoms with E-state index in [2.05, 4.69) is 21.6 Å². The minimum Gasteiger partial charge on any atom is -0.399 e. The number of aromatic nitrogens is 2. The molecular formula is C30H28F6N2O. The molecule has 9 heteroatoms. The third-order valence-corrected chi connectivity index (χ3v) is 6.52. The first-order valence-electron chi connectivity index (χ1n) is 12.9. The molecule has 0 bridgehead atoms. The summed E-state index contributed by atoms with van der Waals surface area (Å²) >= 11 is 0. The van der Waals surface area contributed by atoms with Gasteiger partial charge in [-0.1, -0.05) is 50.1 Å². The molecule has 3 nitrogen and oxygen atoms in total. The van der Waals surface area contributed by atoms with Crippen molar-refractivity contribution >= 4 is 10.8 Å². The number of nitrogens with zero attached hydrogens (tertiary/aromatic N) is 2. The lowest BCUT2D eigenvalue weighted by molar-refractivity contribution is -0.276. The molecule has 1 heterocycles. The number of benzene rings is 3. The molecule has 0 unspecified atom stereocenters. The molecule has 1 aromatic heterocycles.